The molecule has 10 heavy (non-hydrogen) atoms. The number of Topliss-reactive ketones (excluding diaryl/α,β-unsaturated/α-hetero) is 1. The molecule has 0 aliphatic rings. The molecule has 54 valence electrons. The van der Waals surface area contributed by atoms with E-state index in [9.17, 15) is 4.79 Å². The van der Waals surface area contributed by atoms with Gasteiger partial charge < -0.3 is 0 Å². The lowest BCUT2D eigenvalue weighted by Crippen LogP contribution is -2.08. The summed E-state index contributed by atoms with van der Waals surface area (Å²) < 4.78 is 0. The summed E-state index contributed by atoms with van der Waals surface area (Å²) in [7, 11) is 0. The zero-order valence-electron chi connectivity index (χ0n) is 5.50. The molecule has 1 aromatic rings. The Labute approximate surface area is 72.2 Å². The number of ketones is 1. The number of hydrogen-bond donors (Lipinski definition) is 0. The van der Waals surface area contributed by atoms with Gasteiger partial charge in [0.15, 0.2) is 5.78 Å². The molecule has 0 aliphatic heterocycles. The fourth-order valence-electron chi connectivity index (χ4n) is 0.634. The first-order valence-electron chi connectivity index (χ1n) is 2.92. The monoisotopic (exact) mass is 218 g/mol. The van der Waals surface area contributed by atoms with Crippen LogP contribution in [0.4, 0.5) is 0 Å². The minimum absolute atomic E-state index is 0.0675. The van der Waals surface area contributed by atoms with Crippen molar-refractivity contribution in [3.05, 3.63) is 22.4 Å². The third-order valence-electron chi connectivity index (χ3n) is 1.17. The van der Waals surface area contributed by atoms with Crippen LogP contribution in [-0.2, 0) is 0 Å². The molecule has 0 saturated heterocycles. The first kappa shape index (κ1) is 7.95. The maximum Gasteiger partial charge on any atom is 0.177 e. The molecule has 0 N–H and O–H groups in total. The lowest BCUT2D eigenvalue weighted by atomic mass is 10.2. The smallest absolute Gasteiger partial charge is 0.177 e. The number of alkyl halides is 1. The standard InChI is InChI=1S/C7H7BrOS/c1-5(8)7(9)6-2-3-10-4-6/h2-5H,1H3/t5-/m0/s1. The lowest BCUT2D eigenvalue weighted by molar-refractivity contribution is 0.0996. The average molecular weight is 219 g/mol. The Morgan fingerprint density at radius 1 is 1.80 bits per heavy atom. The fourth-order valence-corrected chi connectivity index (χ4v) is 1.54. The minimum Gasteiger partial charge on any atom is -0.293 e. The summed E-state index contributed by atoms with van der Waals surface area (Å²) in [6.07, 6.45) is 0. The Morgan fingerprint density at radius 3 is 2.90 bits per heavy atom. The fraction of sp³-hybridized carbons (Fsp3) is 0.286. The van der Waals surface area contributed by atoms with E-state index in [2.05, 4.69) is 15.9 Å². The first-order chi connectivity index (χ1) is 4.72. The highest BCUT2D eigenvalue weighted by Gasteiger charge is 2.10. The second-order valence-electron chi connectivity index (χ2n) is 1.99. The van der Waals surface area contributed by atoms with Crippen molar-refractivity contribution in [2.24, 2.45) is 0 Å². The van der Waals surface area contributed by atoms with E-state index in [1.165, 1.54) is 0 Å². The SMILES string of the molecule is C[C@H](Br)C(=O)c1ccsc1. The van der Waals surface area contributed by atoms with Crippen LogP contribution in [-0.4, -0.2) is 10.6 Å². The lowest BCUT2D eigenvalue weighted by Gasteiger charge is -1.96. The van der Waals surface area contributed by atoms with E-state index in [1.807, 2.05) is 23.8 Å². The largest absolute Gasteiger partial charge is 0.293 e. The van der Waals surface area contributed by atoms with Crippen molar-refractivity contribution in [1.82, 2.24) is 0 Å². The van der Waals surface area contributed by atoms with Gasteiger partial charge in [0.1, 0.15) is 0 Å². The maximum absolute atomic E-state index is 11.2. The van der Waals surface area contributed by atoms with Gasteiger partial charge in [-0.15, -0.1) is 0 Å². The van der Waals surface area contributed by atoms with Crippen molar-refractivity contribution >= 4 is 33.0 Å². The summed E-state index contributed by atoms with van der Waals surface area (Å²) in [4.78, 5) is 11.1. The van der Waals surface area contributed by atoms with Crippen LogP contribution >= 0.6 is 27.3 Å². The Kier molecular flexibility index (Phi) is 2.63. The van der Waals surface area contributed by atoms with Crippen LogP contribution in [0.1, 0.15) is 17.3 Å². The van der Waals surface area contributed by atoms with E-state index in [1.54, 1.807) is 11.3 Å². The second kappa shape index (κ2) is 3.30. The van der Waals surface area contributed by atoms with Gasteiger partial charge >= 0.3 is 0 Å². The molecule has 0 saturated carbocycles. The molecule has 0 aliphatic carbocycles. The molecule has 0 radical (unpaired) electrons. The van der Waals surface area contributed by atoms with Gasteiger partial charge in [0.25, 0.3) is 0 Å². The van der Waals surface area contributed by atoms with Gasteiger partial charge in [-0.2, -0.15) is 11.3 Å². The molecule has 0 unspecified atom stereocenters. The predicted molar refractivity (Wildman–Crippen MR) is 47.0 cm³/mol. The predicted octanol–water partition coefficient (Wildman–Crippen LogP) is 2.71. The summed E-state index contributed by atoms with van der Waals surface area (Å²) in [6.45, 7) is 1.83. The molecule has 1 heterocycles. The molecular formula is C7H7BrOS. The molecule has 1 aromatic heterocycles. The normalized spacial score (nSPS) is 13.0. The van der Waals surface area contributed by atoms with Gasteiger partial charge in [-0.1, -0.05) is 15.9 Å². The Balaban J connectivity index is 2.78. The maximum atomic E-state index is 11.2. The van der Waals surface area contributed by atoms with E-state index in [0.717, 1.165) is 5.56 Å². The second-order valence-corrected chi connectivity index (χ2v) is 4.15. The van der Waals surface area contributed by atoms with Gasteiger partial charge in [0.2, 0.25) is 0 Å². The van der Waals surface area contributed by atoms with Crippen molar-refractivity contribution in [2.45, 2.75) is 11.8 Å². The van der Waals surface area contributed by atoms with Gasteiger partial charge in [-0.3, -0.25) is 4.79 Å². The minimum atomic E-state index is -0.0675. The third kappa shape index (κ3) is 1.67. The van der Waals surface area contributed by atoms with Crippen LogP contribution < -0.4 is 0 Å². The highest BCUT2D eigenvalue weighted by atomic mass is 79.9. The van der Waals surface area contributed by atoms with Crippen molar-refractivity contribution in [2.75, 3.05) is 0 Å². The molecule has 0 aromatic carbocycles. The summed E-state index contributed by atoms with van der Waals surface area (Å²) in [6, 6.07) is 1.84. The van der Waals surface area contributed by atoms with Gasteiger partial charge in [0.05, 0.1) is 4.83 Å². The summed E-state index contributed by atoms with van der Waals surface area (Å²) >= 11 is 4.76. The van der Waals surface area contributed by atoms with Crippen LogP contribution in [0.5, 0.6) is 0 Å². The number of halogens is 1. The number of thiophene rings is 1. The van der Waals surface area contributed by atoms with Crippen LogP contribution in [0.3, 0.4) is 0 Å². The molecule has 0 bridgehead atoms. The Hall–Kier alpha value is -0.150. The molecule has 1 nitrogen and oxygen atoms in total. The molecule has 3 heteroatoms. The van der Waals surface area contributed by atoms with E-state index in [-0.39, 0.29) is 10.6 Å². The molecule has 0 amide bonds. The van der Waals surface area contributed by atoms with Crippen molar-refractivity contribution in [3.63, 3.8) is 0 Å². The Morgan fingerprint density at radius 2 is 2.50 bits per heavy atom. The topological polar surface area (TPSA) is 17.1 Å². The van der Waals surface area contributed by atoms with E-state index >= 15 is 0 Å². The first-order valence-corrected chi connectivity index (χ1v) is 4.78. The van der Waals surface area contributed by atoms with Crippen molar-refractivity contribution < 1.29 is 4.79 Å². The van der Waals surface area contributed by atoms with Gasteiger partial charge in [0, 0.05) is 10.9 Å². The van der Waals surface area contributed by atoms with Crippen LogP contribution in [0.15, 0.2) is 16.8 Å². The highest BCUT2D eigenvalue weighted by molar-refractivity contribution is 9.10. The van der Waals surface area contributed by atoms with Gasteiger partial charge in [-0.25, -0.2) is 0 Å². The summed E-state index contributed by atoms with van der Waals surface area (Å²) in [5.74, 6) is 0.154. The molecule has 1 atom stereocenters. The number of carbonyl (C=O) groups excluding carboxylic acids is 1. The van der Waals surface area contributed by atoms with E-state index < -0.39 is 0 Å². The van der Waals surface area contributed by atoms with Gasteiger partial charge in [-0.05, 0) is 18.4 Å². The van der Waals surface area contributed by atoms with Crippen LogP contribution in [0.2, 0.25) is 0 Å². The molecule has 0 fully saturated rings. The molecule has 1 rings (SSSR count). The molecule has 0 spiro atoms. The van der Waals surface area contributed by atoms with Crippen molar-refractivity contribution in [1.29, 1.82) is 0 Å². The quantitative estimate of drug-likeness (QED) is 0.552. The number of hydrogen-bond acceptors (Lipinski definition) is 2. The number of rotatable bonds is 2. The van der Waals surface area contributed by atoms with Crippen LogP contribution in [0.25, 0.3) is 0 Å². The third-order valence-corrected chi connectivity index (χ3v) is 2.27. The van der Waals surface area contributed by atoms with Crippen LogP contribution in [0, 0.1) is 0 Å². The zero-order valence-corrected chi connectivity index (χ0v) is 7.91. The number of carbonyl (C=O) groups is 1. The van der Waals surface area contributed by atoms with Crippen molar-refractivity contribution in [3.8, 4) is 0 Å². The van der Waals surface area contributed by atoms with E-state index in [0.29, 0.717) is 0 Å². The summed E-state index contributed by atoms with van der Waals surface area (Å²) in [5, 5.41) is 3.77. The van der Waals surface area contributed by atoms with E-state index in [4.69, 9.17) is 0 Å². The highest BCUT2D eigenvalue weighted by Crippen LogP contribution is 2.12. The Bertz CT molecular complexity index is 216. The average Bonchev–Trinajstić information content (AvgIpc) is 2.36. The summed E-state index contributed by atoms with van der Waals surface area (Å²) in [5.41, 5.74) is 0.800. The molecular weight excluding hydrogens is 212 g/mol. The zero-order chi connectivity index (χ0) is 7.56.